The van der Waals surface area contributed by atoms with Crippen LogP contribution in [0.25, 0.3) is 0 Å². The predicted molar refractivity (Wildman–Crippen MR) is 118 cm³/mol. The number of aliphatic imine (C=N–C) groups is 1. The lowest BCUT2D eigenvalue weighted by Gasteiger charge is -2.43. The van der Waals surface area contributed by atoms with E-state index in [2.05, 4.69) is 33.8 Å². The van der Waals surface area contributed by atoms with Crippen LogP contribution in [0.4, 0.5) is 0 Å². The second-order valence-corrected chi connectivity index (χ2v) is 8.37. The molecule has 2 saturated heterocycles. The van der Waals surface area contributed by atoms with Gasteiger partial charge in [0.2, 0.25) is 5.91 Å². The average Bonchev–Trinajstić information content (AvgIpc) is 2.59. The molecule has 146 valence electrons. The minimum atomic E-state index is -0.582. The molecule has 0 saturated carbocycles. The van der Waals surface area contributed by atoms with E-state index in [9.17, 15) is 4.79 Å². The van der Waals surface area contributed by atoms with E-state index < -0.39 is 5.54 Å². The molecule has 1 amide bonds. The van der Waals surface area contributed by atoms with Gasteiger partial charge in [-0.2, -0.15) is 11.8 Å². The predicted octanol–water partition coefficient (Wildman–Crippen LogP) is 1.59. The Morgan fingerprint density at radius 1 is 1.24 bits per heavy atom. The van der Waals surface area contributed by atoms with Gasteiger partial charge in [0.05, 0.1) is 5.54 Å². The first kappa shape index (κ1) is 22.8. The van der Waals surface area contributed by atoms with Crippen LogP contribution in [0.3, 0.4) is 0 Å². The number of hydrogen-bond acceptors (Lipinski definition) is 4. The number of carbonyl (C=O) groups is 1. The van der Waals surface area contributed by atoms with Crippen LogP contribution in [0.5, 0.6) is 0 Å². The van der Waals surface area contributed by atoms with E-state index in [-0.39, 0.29) is 29.9 Å². The molecule has 25 heavy (non-hydrogen) atoms. The van der Waals surface area contributed by atoms with Crippen molar-refractivity contribution in [2.24, 2.45) is 16.6 Å². The van der Waals surface area contributed by atoms with Crippen LogP contribution in [-0.4, -0.2) is 78.0 Å². The minimum absolute atomic E-state index is 0. The van der Waals surface area contributed by atoms with Gasteiger partial charge in [-0.15, -0.1) is 24.0 Å². The molecule has 2 fully saturated rings. The molecule has 2 aliphatic rings. The molecule has 0 bridgehead atoms. The van der Waals surface area contributed by atoms with Crippen LogP contribution >= 0.6 is 35.7 Å². The molecule has 6 nitrogen and oxygen atoms in total. The maximum Gasteiger partial charge on any atom is 0.237 e. The third-order valence-corrected chi connectivity index (χ3v) is 6.20. The third-order valence-electron chi connectivity index (χ3n) is 5.15. The summed E-state index contributed by atoms with van der Waals surface area (Å²) in [5.41, 5.74) is 4.96. The van der Waals surface area contributed by atoms with Crippen molar-refractivity contribution >= 4 is 47.6 Å². The molecule has 0 atom stereocenters. The summed E-state index contributed by atoms with van der Waals surface area (Å²) >= 11 is 2.06. The molecule has 0 unspecified atom stereocenters. The molecule has 2 aliphatic heterocycles. The number of nitrogens with one attached hydrogen (secondary N) is 1. The molecule has 8 heteroatoms. The largest absolute Gasteiger partial charge is 0.368 e. The zero-order valence-electron chi connectivity index (χ0n) is 15.8. The van der Waals surface area contributed by atoms with E-state index in [4.69, 9.17) is 10.7 Å². The van der Waals surface area contributed by atoms with Gasteiger partial charge >= 0.3 is 0 Å². The number of hydrogen-bond donors (Lipinski definition) is 2. The zero-order valence-corrected chi connectivity index (χ0v) is 18.9. The van der Waals surface area contributed by atoms with E-state index in [1.807, 2.05) is 13.8 Å². The van der Waals surface area contributed by atoms with Crippen molar-refractivity contribution in [1.29, 1.82) is 0 Å². The lowest BCUT2D eigenvalue weighted by molar-refractivity contribution is -0.129. The van der Waals surface area contributed by atoms with Crippen molar-refractivity contribution in [3.05, 3.63) is 0 Å². The van der Waals surface area contributed by atoms with Crippen LogP contribution in [0.2, 0.25) is 0 Å². The molecule has 0 aliphatic carbocycles. The van der Waals surface area contributed by atoms with Gasteiger partial charge < -0.3 is 16.0 Å². The van der Waals surface area contributed by atoms with Crippen molar-refractivity contribution in [3.63, 3.8) is 0 Å². The van der Waals surface area contributed by atoms with E-state index in [0.717, 1.165) is 51.1 Å². The Hall–Kier alpha value is -0.220. The number of nitrogens with two attached hydrogens (primary N) is 1. The molecule has 0 aromatic carbocycles. The second kappa shape index (κ2) is 10.8. The van der Waals surface area contributed by atoms with Crippen molar-refractivity contribution in [1.82, 2.24) is 15.1 Å². The summed E-state index contributed by atoms with van der Waals surface area (Å²) in [4.78, 5) is 21.0. The Labute approximate surface area is 173 Å². The highest BCUT2D eigenvalue weighted by atomic mass is 127. The Kier molecular flexibility index (Phi) is 9.87. The summed E-state index contributed by atoms with van der Waals surface area (Å²) < 4.78 is 0. The van der Waals surface area contributed by atoms with Crippen LogP contribution in [-0.2, 0) is 4.79 Å². The SMILES string of the molecule is CCNC(=NCC1CCSCC1)N1CCN(C(C)(C)C(N)=O)CC1.I. The first-order valence-corrected chi connectivity index (χ1v) is 10.3. The average molecular weight is 483 g/mol. The van der Waals surface area contributed by atoms with Crippen LogP contribution in [0.1, 0.15) is 33.6 Å². The van der Waals surface area contributed by atoms with Gasteiger partial charge in [-0.25, -0.2) is 0 Å². The van der Waals surface area contributed by atoms with Crippen molar-refractivity contribution in [2.75, 3.05) is 50.8 Å². The number of rotatable bonds is 5. The van der Waals surface area contributed by atoms with Gasteiger partial charge in [-0.1, -0.05) is 0 Å². The van der Waals surface area contributed by atoms with Crippen LogP contribution in [0, 0.1) is 5.92 Å². The van der Waals surface area contributed by atoms with E-state index >= 15 is 0 Å². The summed E-state index contributed by atoms with van der Waals surface area (Å²) in [5.74, 6) is 4.05. The molecule has 2 rings (SSSR count). The molecule has 2 heterocycles. The molecule has 0 spiro atoms. The number of thioether (sulfide) groups is 1. The number of guanidine groups is 1. The number of piperazine rings is 1. The summed E-state index contributed by atoms with van der Waals surface area (Å²) in [7, 11) is 0. The topological polar surface area (TPSA) is 74.0 Å². The number of nitrogens with zero attached hydrogens (tertiary/aromatic N) is 3. The van der Waals surface area contributed by atoms with Gasteiger partial charge in [0, 0.05) is 39.3 Å². The Bertz CT molecular complexity index is 446. The third kappa shape index (κ3) is 6.46. The fourth-order valence-corrected chi connectivity index (χ4v) is 4.41. The summed E-state index contributed by atoms with van der Waals surface area (Å²) in [5, 5.41) is 3.43. The standard InChI is InChI=1S/C17H33N5OS.HI/c1-4-19-16(20-13-14-5-11-24-12-6-14)21-7-9-22(10-8-21)17(2,3)15(18)23;/h14H,4-13H2,1-3H3,(H2,18,23)(H,19,20);1H. The Morgan fingerprint density at radius 2 is 1.84 bits per heavy atom. The van der Waals surface area contributed by atoms with E-state index in [1.165, 1.54) is 24.3 Å². The van der Waals surface area contributed by atoms with Gasteiger partial charge in [-0.3, -0.25) is 14.7 Å². The molecule has 0 aromatic heterocycles. The first-order chi connectivity index (χ1) is 11.4. The summed E-state index contributed by atoms with van der Waals surface area (Å²) in [6, 6.07) is 0. The Balaban J connectivity index is 0.00000312. The normalized spacial score (nSPS) is 20.9. The molecular formula is C17H34IN5OS. The summed E-state index contributed by atoms with van der Waals surface area (Å²) in [6.45, 7) is 11.2. The fraction of sp³-hybridized carbons (Fsp3) is 0.882. The molecule has 0 radical (unpaired) electrons. The number of halogens is 1. The second-order valence-electron chi connectivity index (χ2n) is 7.15. The Morgan fingerprint density at radius 3 is 2.36 bits per heavy atom. The van der Waals surface area contributed by atoms with Crippen molar-refractivity contribution < 1.29 is 4.79 Å². The van der Waals surface area contributed by atoms with Gasteiger partial charge in [0.25, 0.3) is 0 Å². The molecule has 0 aromatic rings. The number of primary amides is 1. The van der Waals surface area contributed by atoms with E-state index in [1.54, 1.807) is 0 Å². The number of carbonyl (C=O) groups excluding carboxylic acids is 1. The lowest BCUT2D eigenvalue weighted by Crippen LogP contribution is -2.61. The first-order valence-electron chi connectivity index (χ1n) is 9.11. The van der Waals surface area contributed by atoms with Crippen molar-refractivity contribution in [2.45, 2.75) is 39.2 Å². The zero-order chi connectivity index (χ0) is 17.6. The monoisotopic (exact) mass is 483 g/mol. The van der Waals surface area contributed by atoms with E-state index in [0.29, 0.717) is 0 Å². The highest BCUT2D eigenvalue weighted by Gasteiger charge is 2.35. The summed E-state index contributed by atoms with van der Waals surface area (Å²) in [6.07, 6.45) is 2.57. The maximum absolute atomic E-state index is 11.6. The molecule has 3 N–H and O–H groups in total. The quantitative estimate of drug-likeness (QED) is 0.353. The number of amides is 1. The smallest absolute Gasteiger partial charge is 0.237 e. The van der Waals surface area contributed by atoms with Gasteiger partial charge in [0.15, 0.2) is 5.96 Å². The lowest BCUT2D eigenvalue weighted by atomic mass is 10.0. The molecular weight excluding hydrogens is 449 g/mol. The van der Waals surface area contributed by atoms with Crippen LogP contribution in [0.15, 0.2) is 4.99 Å². The maximum atomic E-state index is 11.6. The van der Waals surface area contributed by atoms with Crippen LogP contribution < -0.4 is 11.1 Å². The van der Waals surface area contributed by atoms with Gasteiger partial charge in [-0.05, 0) is 51.0 Å². The highest BCUT2D eigenvalue weighted by molar-refractivity contribution is 14.0. The fourth-order valence-electron chi connectivity index (χ4n) is 3.20. The minimum Gasteiger partial charge on any atom is -0.368 e. The highest BCUT2D eigenvalue weighted by Crippen LogP contribution is 2.23. The van der Waals surface area contributed by atoms with Crippen molar-refractivity contribution in [3.8, 4) is 0 Å². The van der Waals surface area contributed by atoms with Gasteiger partial charge in [0.1, 0.15) is 0 Å².